The monoisotopic (exact) mass is 344 g/mol. The van der Waals surface area contributed by atoms with Gasteiger partial charge in [0.2, 0.25) is 5.91 Å². The average Bonchev–Trinajstić information content (AvgIpc) is 3.35. The van der Waals surface area contributed by atoms with Crippen LogP contribution in [0.3, 0.4) is 0 Å². The smallest absolute Gasteiger partial charge is 0.220 e. The minimum absolute atomic E-state index is 0.0468. The number of aromatic nitrogens is 3. The Kier molecular flexibility index (Phi) is 4.51. The van der Waals surface area contributed by atoms with Crippen LogP contribution in [-0.4, -0.2) is 20.7 Å². The lowest BCUT2D eigenvalue weighted by Crippen LogP contribution is -2.23. The molecule has 0 bridgehead atoms. The van der Waals surface area contributed by atoms with Crippen LogP contribution in [0.4, 0.5) is 0 Å². The molecule has 0 aliphatic rings. The summed E-state index contributed by atoms with van der Waals surface area (Å²) >= 11 is 0. The molecular formula is C21H20N4O. The van der Waals surface area contributed by atoms with Gasteiger partial charge in [-0.15, -0.1) is 0 Å². The molecule has 2 heterocycles. The van der Waals surface area contributed by atoms with Crippen LogP contribution in [0.25, 0.3) is 16.6 Å². The van der Waals surface area contributed by atoms with E-state index in [2.05, 4.69) is 21.5 Å². The number of aryl methyl sites for hydroxylation is 1. The molecule has 0 aliphatic heterocycles. The van der Waals surface area contributed by atoms with E-state index in [1.165, 1.54) is 10.9 Å². The van der Waals surface area contributed by atoms with Crippen molar-refractivity contribution in [3.05, 3.63) is 84.3 Å². The Bertz CT molecular complexity index is 1020. The summed E-state index contributed by atoms with van der Waals surface area (Å²) in [5, 5.41) is 8.48. The highest BCUT2D eigenvalue weighted by Crippen LogP contribution is 2.19. The van der Waals surface area contributed by atoms with Crippen molar-refractivity contribution in [1.29, 1.82) is 0 Å². The van der Waals surface area contributed by atoms with Gasteiger partial charge >= 0.3 is 0 Å². The second kappa shape index (κ2) is 7.27. The zero-order valence-corrected chi connectivity index (χ0v) is 14.4. The molecule has 5 nitrogen and oxygen atoms in total. The number of hydrogen-bond donors (Lipinski definition) is 2. The number of rotatable bonds is 6. The highest BCUT2D eigenvalue weighted by Gasteiger charge is 2.09. The van der Waals surface area contributed by atoms with Gasteiger partial charge in [-0.1, -0.05) is 36.4 Å². The lowest BCUT2D eigenvalue weighted by Gasteiger charge is -2.10. The first-order valence-electron chi connectivity index (χ1n) is 8.71. The summed E-state index contributed by atoms with van der Waals surface area (Å²) in [5.41, 5.74) is 4.30. The second-order valence-electron chi connectivity index (χ2n) is 6.22. The van der Waals surface area contributed by atoms with E-state index in [0.29, 0.717) is 13.0 Å². The molecule has 2 aromatic carbocycles. The SMILES string of the molecule is O=C(CCc1c[nH]c2ccccc12)NCc1ccccc1-n1cccn1. The van der Waals surface area contributed by atoms with Crippen LogP contribution in [0.15, 0.2) is 73.2 Å². The van der Waals surface area contributed by atoms with Crippen molar-refractivity contribution in [3.63, 3.8) is 0 Å². The number of aromatic amines is 1. The van der Waals surface area contributed by atoms with Crippen molar-refractivity contribution in [2.24, 2.45) is 0 Å². The number of nitrogens with one attached hydrogen (secondary N) is 2. The van der Waals surface area contributed by atoms with E-state index in [0.717, 1.165) is 23.2 Å². The van der Waals surface area contributed by atoms with Gasteiger partial charge in [-0.2, -0.15) is 5.10 Å². The van der Waals surface area contributed by atoms with Gasteiger partial charge in [0.25, 0.3) is 0 Å². The highest BCUT2D eigenvalue weighted by molar-refractivity contribution is 5.84. The van der Waals surface area contributed by atoms with E-state index in [-0.39, 0.29) is 5.91 Å². The Morgan fingerprint density at radius 3 is 2.77 bits per heavy atom. The third-order valence-corrected chi connectivity index (χ3v) is 4.52. The van der Waals surface area contributed by atoms with Gasteiger partial charge in [0.1, 0.15) is 0 Å². The molecule has 26 heavy (non-hydrogen) atoms. The number of benzene rings is 2. The van der Waals surface area contributed by atoms with E-state index in [9.17, 15) is 4.79 Å². The van der Waals surface area contributed by atoms with E-state index in [1.807, 2.05) is 65.6 Å². The summed E-state index contributed by atoms with van der Waals surface area (Å²) in [6.07, 6.45) is 6.82. The normalized spacial score (nSPS) is 10.9. The van der Waals surface area contributed by atoms with Crippen LogP contribution in [0.5, 0.6) is 0 Å². The van der Waals surface area contributed by atoms with E-state index in [4.69, 9.17) is 0 Å². The van der Waals surface area contributed by atoms with Crippen molar-refractivity contribution >= 4 is 16.8 Å². The predicted octanol–water partition coefficient (Wildman–Crippen LogP) is 3.60. The third kappa shape index (κ3) is 3.37. The van der Waals surface area contributed by atoms with Gasteiger partial charge in [0, 0.05) is 42.5 Å². The molecule has 0 spiro atoms. The van der Waals surface area contributed by atoms with Gasteiger partial charge in [0.15, 0.2) is 0 Å². The van der Waals surface area contributed by atoms with Crippen molar-refractivity contribution in [2.75, 3.05) is 0 Å². The van der Waals surface area contributed by atoms with Gasteiger partial charge in [-0.25, -0.2) is 4.68 Å². The molecule has 5 heteroatoms. The number of amides is 1. The zero-order valence-electron chi connectivity index (χ0n) is 14.4. The summed E-state index contributed by atoms with van der Waals surface area (Å²) in [6, 6.07) is 18.0. The van der Waals surface area contributed by atoms with Crippen molar-refractivity contribution in [2.45, 2.75) is 19.4 Å². The van der Waals surface area contributed by atoms with Gasteiger partial charge < -0.3 is 10.3 Å². The molecule has 0 unspecified atom stereocenters. The first kappa shape index (κ1) is 16.1. The molecule has 130 valence electrons. The fraction of sp³-hybridized carbons (Fsp3) is 0.143. The van der Waals surface area contributed by atoms with Crippen LogP contribution in [0.2, 0.25) is 0 Å². The predicted molar refractivity (Wildman–Crippen MR) is 102 cm³/mol. The molecule has 0 radical (unpaired) electrons. The van der Waals surface area contributed by atoms with Gasteiger partial charge in [0.05, 0.1) is 5.69 Å². The number of H-pyrrole nitrogens is 1. The van der Waals surface area contributed by atoms with Crippen LogP contribution < -0.4 is 5.32 Å². The molecule has 0 aliphatic carbocycles. The summed E-state index contributed by atoms with van der Waals surface area (Å²) < 4.78 is 1.81. The first-order valence-corrected chi connectivity index (χ1v) is 8.71. The molecule has 1 amide bonds. The number of carbonyl (C=O) groups is 1. The molecule has 0 saturated heterocycles. The minimum Gasteiger partial charge on any atom is -0.361 e. The Hall–Kier alpha value is -3.34. The number of para-hydroxylation sites is 2. The third-order valence-electron chi connectivity index (χ3n) is 4.52. The Balaban J connectivity index is 1.38. The van der Waals surface area contributed by atoms with E-state index < -0.39 is 0 Å². The maximum atomic E-state index is 12.3. The maximum Gasteiger partial charge on any atom is 0.220 e. The van der Waals surface area contributed by atoms with Crippen LogP contribution in [0.1, 0.15) is 17.5 Å². The molecule has 4 aromatic rings. The lowest BCUT2D eigenvalue weighted by atomic mass is 10.1. The van der Waals surface area contributed by atoms with E-state index in [1.54, 1.807) is 6.20 Å². The van der Waals surface area contributed by atoms with Crippen LogP contribution >= 0.6 is 0 Å². The molecular weight excluding hydrogens is 324 g/mol. The van der Waals surface area contributed by atoms with Crippen molar-refractivity contribution < 1.29 is 4.79 Å². The van der Waals surface area contributed by atoms with Crippen molar-refractivity contribution in [1.82, 2.24) is 20.1 Å². The van der Waals surface area contributed by atoms with Crippen LogP contribution in [0, 0.1) is 0 Å². The number of hydrogen-bond acceptors (Lipinski definition) is 2. The Labute approximate surface area is 151 Å². The van der Waals surface area contributed by atoms with E-state index >= 15 is 0 Å². The fourth-order valence-electron chi connectivity index (χ4n) is 3.16. The Morgan fingerprint density at radius 2 is 1.88 bits per heavy atom. The highest BCUT2D eigenvalue weighted by atomic mass is 16.1. The standard InChI is InChI=1S/C21H20N4O/c26-21(11-10-16-14-22-19-8-3-2-7-18(16)19)23-15-17-6-1-4-9-20(17)25-13-5-12-24-25/h1-9,12-14,22H,10-11,15H2,(H,23,26). The maximum absolute atomic E-state index is 12.3. The number of nitrogens with zero attached hydrogens (tertiary/aromatic N) is 2. The number of carbonyl (C=O) groups excluding carboxylic acids is 1. The zero-order chi connectivity index (χ0) is 17.8. The molecule has 0 atom stereocenters. The summed E-state index contributed by atoms with van der Waals surface area (Å²) in [6.45, 7) is 0.489. The second-order valence-corrected chi connectivity index (χ2v) is 6.22. The topological polar surface area (TPSA) is 62.7 Å². The van der Waals surface area contributed by atoms with Gasteiger partial charge in [-0.3, -0.25) is 4.79 Å². The summed E-state index contributed by atoms with van der Waals surface area (Å²) in [5.74, 6) is 0.0468. The average molecular weight is 344 g/mol. The first-order chi connectivity index (χ1) is 12.8. The summed E-state index contributed by atoms with van der Waals surface area (Å²) in [4.78, 5) is 15.6. The molecule has 4 rings (SSSR count). The number of fused-ring (bicyclic) bond motifs is 1. The quantitative estimate of drug-likeness (QED) is 0.561. The Morgan fingerprint density at radius 1 is 1.04 bits per heavy atom. The lowest BCUT2D eigenvalue weighted by molar-refractivity contribution is -0.121. The summed E-state index contributed by atoms with van der Waals surface area (Å²) in [7, 11) is 0. The molecule has 0 saturated carbocycles. The van der Waals surface area contributed by atoms with Crippen molar-refractivity contribution in [3.8, 4) is 5.69 Å². The van der Waals surface area contributed by atoms with Crippen LogP contribution in [-0.2, 0) is 17.8 Å². The molecule has 0 fully saturated rings. The fourth-order valence-corrected chi connectivity index (χ4v) is 3.16. The molecule has 2 aromatic heterocycles. The van der Waals surface area contributed by atoms with Gasteiger partial charge in [-0.05, 0) is 35.7 Å². The minimum atomic E-state index is 0.0468. The largest absolute Gasteiger partial charge is 0.361 e. The molecule has 2 N–H and O–H groups in total.